The fourth-order valence-corrected chi connectivity index (χ4v) is 1.99. The van der Waals surface area contributed by atoms with Gasteiger partial charge in [-0.05, 0) is 37.1 Å². The first-order valence-corrected chi connectivity index (χ1v) is 5.97. The molecule has 4 nitrogen and oxygen atoms in total. The molecule has 1 atom stereocenters. The summed E-state index contributed by atoms with van der Waals surface area (Å²) >= 11 is 0. The minimum absolute atomic E-state index is 0.120. The summed E-state index contributed by atoms with van der Waals surface area (Å²) in [4.78, 5) is 0. The van der Waals surface area contributed by atoms with Crippen LogP contribution in [0.4, 0.5) is 4.39 Å². The predicted octanol–water partition coefficient (Wildman–Crippen LogP) is 2.48. The molecule has 1 unspecified atom stereocenters. The van der Waals surface area contributed by atoms with E-state index < -0.39 is 0 Å². The first-order valence-electron chi connectivity index (χ1n) is 5.97. The van der Waals surface area contributed by atoms with Crippen molar-refractivity contribution >= 4 is 0 Å². The lowest BCUT2D eigenvalue weighted by molar-refractivity contribution is 0.386. The lowest BCUT2D eigenvalue weighted by Crippen LogP contribution is -2.29. The van der Waals surface area contributed by atoms with Crippen molar-refractivity contribution in [3.05, 3.63) is 53.2 Å². The lowest BCUT2D eigenvalue weighted by atomic mass is 10.0. The van der Waals surface area contributed by atoms with Gasteiger partial charge in [-0.25, -0.2) is 4.39 Å². The van der Waals surface area contributed by atoms with Crippen LogP contribution >= 0.6 is 0 Å². The molecule has 102 valence electrons. The topological polar surface area (TPSA) is 60.4 Å². The van der Waals surface area contributed by atoms with E-state index in [1.165, 1.54) is 13.2 Å². The third kappa shape index (κ3) is 3.13. The van der Waals surface area contributed by atoms with E-state index in [4.69, 9.17) is 15.0 Å². The Balaban J connectivity index is 2.16. The van der Waals surface area contributed by atoms with E-state index in [0.29, 0.717) is 6.42 Å². The van der Waals surface area contributed by atoms with Gasteiger partial charge in [-0.3, -0.25) is 11.3 Å². The number of nitrogens with two attached hydrogens (primary N) is 1. The van der Waals surface area contributed by atoms with Crippen molar-refractivity contribution < 1.29 is 13.5 Å². The zero-order valence-electron chi connectivity index (χ0n) is 10.9. The molecule has 1 heterocycles. The highest BCUT2D eigenvalue weighted by Crippen LogP contribution is 2.23. The molecule has 19 heavy (non-hydrogen) atoms. The molecule has 3 N–H and O–H groups in total. The number of rotatable bonds is 5. The van der Waals surface area contributed by atoms with Crippen LogP contribution in [0.25, 0.3) is 0 Å². The van der Waals surface area contributed by atoms with Gasteiger partial charge >= 0.3 is 0 Å². The van der Waals surface area contributed by atoms with Gasteiger partial charge in [0.1, 0.15) is 5.76 Å². The molecular weight excluding hydrogens is 247 g/mol. The normalized spacial score (nSPS) is 12.4. The van der Waals surface area contributed by atoms with Gasteiger partial charge in [0.25, 0.3) is 0 Å². The smallest absolute Gasteiger partial charge is 0.165 e. The van der Waals surface area contributed by atoms with Gasteiger partial charge in [0.05, 0.1) is 19.4 Å². The van der Waals surface area contributed by atoms with Crippen LogP contribution in [0.1, 0.15) is 22.9 Å². The predicted molar refractivity (Wildman–Crippen MR) is 70.2 cm³/mol. The van der Waals surface area contributed by atoms with Gasteiger partial charge in [0.2, 0.25) is 0 Å². The standard InChI is InChI=1S/C14H17FN2O2/c1-9-5-11(8-19-9)13(17-16)7-10-3-4-14(18-2)12(15)6-10/h3-6,8,13,17H,7,16H2,1-2H3. The molecule has 0 spiro atoms. The van der Waals surface area contributed by atoms with Crippen molar-refractivity contribution in [1.82, 2.24) is 5.43 Å². The Labute approximate surface area is 111 Å². The van der Waals surface area contributed by atoms with E-state index >= 15 is 0 Å². The van der Waals surface area contributed by atoms with Crippen LogP contribution in [-0.4, -0.2) is 7.11 Å². The minimum Gasteiger partial charge on any atom is -0.494 e. The second kappa shape index (κ2) is 5.86. The van der Waals surface area contributed by atoms with Crippen molar-refractivity contribution in [2.45, 2.75) is 19.4 Å². The number of benzene rings is 1. The van der Waals surface area contributed by atoms with E-state index in [1.807, 2.05) is 19.1 Å². The summed E-state index contributed by atoms with van der Waals surface area (Å²) in [6.45, 7) is 1.87. The highest BCUT2D eigenvalue weighted by molar-refractivity contribution is 5.30. The van der Waals surface area contributed by atoms with Crippen LogP contribution in [0.5, 0.6) is 5.75 Å². The van der Waals surface area contributed by atoms with Crippen molar-refractivity contribution in [1.29, 1.82) is 0 Å². The summed E-state index contributed by atoms with van der Waals surface area (Å²) in [5.74, 6) is 6.22. The number of furan rings is 1. The van der Waals surface area contributed by atoms with Gasteiger partial charge in [-0.1, -0.05) is 6.07 Å². The second-order valence-corrected chi connectivity index (χ2v) is 4.38. The first-order chi connectivity index (χ1) is 9.13. The maximum absolute atomic E-state index is 13.6. The number of methoxy groups -OCH3 is 1. The van der Waals surface area contributed by atoms with Crippen LogP contribution < -0.4 is 16.0 Å². The molecule has 0 aliphatic carbocycles. The molecule has 0 saturated heterocycles. The molecule has 1 aromatic carbocycles. The summed E-state index contributed by atoms with van der Waals surface area (Å²) in [7, 11) is 1.44. The number of nitrogens with one attached hydrogen (secondary N) is 1. The zero-order valence-corrected chi connectivity index (χ0v) is 10.9. The average Bonchev–Trinajstić information content (AvgIpc) is 2.82. The van der Waals surface area contributed by atoms with Crippen molar-refractivity contribution in [2.24, 2.45) is 5.84 Å². The van der Waals surface area contributed by atoms with Crippen molar-refractivity contribution in [3.63, 3.8) is 0 Å². The Morgan fingerprint density at radius 1 is 1.42 bits per heavy atom. The second-order valence-electron chi connectivity index (χ2n) is 4.38. The summed E-state index contributed by atoms with van der Waals surface area (Å²) < 4.78 is 23.8. The number of halogens is 1. The minimum atomic E-state index is -0.376. The average molecular weight is 264 g/mol. The van der Waals surface area contributed by atoms with Gasteiger partial charge < -0.3 is 9.15 Å². The highest BCUT2D eigenvalue weighted by Gasteiger charge is 2.14. The molecule has 0 aliphatic heterocycles. The Hall–Kier alpha value is -1.85. The van der Waals surface area contributed by atoms with Crippen LogP contribution in [0, 0.1) is 12.7 Å². The SMILES string of the molecule is COc1ccc(CC(NN)c2coc(C)c2)cc1F. The van der Waals surface area contributed by atoms with Crippen LogP contribution in [-0.2, 0) is 6.42 Å². The molecule has 2 aromatic rings. The van der Waals surface area contributed by atoms with Crippen LogP contribution in [0.3, 0.4) is 0 Å². The van der Waals surface area contributed by atoms with Gasteiger partial charge in [0, 0.05) is 5.56 Å². The molecule has 0 saturated carbocycles. The fourth-order valence-electron chi connectivity index (χ4n) is 1.99. The molecule has 0 amide bonds. The monoisotopic (exact) mass is 264 g/mol. The van der Waals surface area contributed by atoms with E-state index in [-0.39, 0.29) is 17.6 Å². The number of hydrogen-bond acceptors (Lipinski definition) is 4. The number of aryl methyl sites for hydroxylation is 1. The summed E-state index contributed by atoms with van der Waals surface area (Å²) in [6.07, 6.45) is 2.22. The lowest BCUT2D eigenvalue weighted by Gasteiger charge is -2.14. The van der Waals surface area contributed by atoms with Crippen LogP contribution in [0.15, 0.2) is 34.9 Å². The van der Waals surface area contributed by atoms with E-state index in [9.17, 15) is 4.39 Å². The van der Waals surface area contributed by atoms with E-state index in [1.54, 1.807) is 12.3 Å². The quantitative estimate of drug-likeness (QED) is 0.643. The Morgan fingerprint density at radius 3 is 2.74 bits per heavy atom. The van der Waals surface area contributed by atoms with E-state index in [2.05, 4.69) is 5.43 Å². The van der Waals surface area contributed by atoms with Crippen LogP contribution in [0.2, 0.25) is 0 Å². The van der Waals surface area contributed by atoms with Gasteiger partial charge in [0.15, 0.2) is 11.6 Å². The van der Waals surface area contributed by atoms with Crippen molar-refractivity contribution in [2.75, 3.05) is 7.11 Å². The number of hydrogen-bond donors (Lipinski definition) is 2. The third-order valence-electron chi connectivity index (χ3n) is 3.01. The number of hydrazine groups is 1. The summed E-state index contributed by atoms with van der Waals surface area (Å²) in [6, 6.07) is 6.67. The molecule has 0 aliphatic rings. The zero-order chi connectivity index (χ0) is 13.8. The first kappa shape index (κ1) is 13.6. The number of ether oxygens (including phenoxy) is 1. The highest BCUT2D eigenvalue weighted by atomic mass is 19.1. The maximum Gasteiger partial charge on any atom is 0.165 e. The summed E-state index contributed by atoms with van der Waals surface area (Å²) in [5.41, 5.74) is 4.49. The molecule has 5 heteroatoms. The molecular formula is C14H17FN2O2. The fraction of sp³-hybridized carbons (Fsp3) is 0.286. The Bertz CT molecular complexity index is 554. The molecule has 0 bridgehead atoms. The molecule has 0 fully saturated rings. The Kier molecular flexibility index (Phi) is 4.19. The van der Waals surface area contributed by atoms with E-state index in [0.717, 1.165) is 16.9 Å². The third-order valence-corrected chi connectivity index (χ3v) is 3.01. The molecule has 1 aromatic heterocycles. The molecule has 0 radical (unpaired) electrons. The Morgan fingerprint density at radius 2 is 2.21 bits per heavy atom. The van der Waals surface area contributed by atoms with Gasteiger partial charge in [-0.15, -0.1) is 0 Å². The summed E-state index contributed by atoms with van der Waals surface area (Å²) in [5, 5.41) is 0. The van der Waals surface area contributed by atoms with Gasteiger partial charge in [-0.2, -0.15) is 0 Å². The van der Waals surface area contributed by atoms with Crippen molar-refractivity contribution in [3.8, 4) is 5.75 Å². The molecule has 2 rings (SSSR count). The maximum atomic E-state index is 13.6. The largest absolute Gasteiger partial charge is 0.494 e.